The lowest BCUT2D eigenvalue weighted by atomic mass is 10.0. The Morgan fingerprint density at radius 1 is 0.562 bits per heavy atom. The first kappa shape index (κ1) is 46.8. The van der Waals surface area contributed by atoms with Crippen molar-refractivity contribution in [3.63, 3.8) is 0 Å². The fourth-order valence-corrected chi connectivity index (χ4v) is 6.85. The lowest BCUT2D eigenvalue weighted by molar-refractivity contribution is -0.130. The molecule has 284 valence electrons. The van der Waals surface area contributed by atoms with Gasteiger partial charge in [-0.1, -0.05) is 192 Å². The molecular formula is C40H77NO6S. The second-order valence-electron chi connectivity index (χ2n) is 14.1. The third-order valence-corrected chi connectivity index (χ3v) is 10.0. The summed E-state index contributed by atoms with van der Waals surface area (Å²) in [5.74, 6) is -1.55. The molecule has 1 amide bonds. The van der Waals surface area contributed by atoms with Crippen LogP contribution in [0.4, 0.5) is 0 Å². The van der Waals surface area contributed by atoms with Crippen LogP contribution in [-0.2, 0) is 14.9 Å². The van der Waals surface area contributed by atoms with Gasteiger partial charge >= 0.3 is 0 Å². The summed E-state index contributed by atoms with van der Waals surface area (Å²) in [5.41, 5.74) is 0. The molecule has 48 heavy (non-hydrogen) atoms. The number of carbonyl (C=O) groups is 1. The van der Waals surface area contributed by atoms with Gasteiger partial charge in [-0.05, 0) is 32.1 Å². The van der Waals surface area contributed by atoms with Gasteiger partial charge in [0.15, 0.2) is 0 Å². The van der Waals surface area contributed by atoms with E-state index in [0.717, 1.165) is 32.1 Å². The molecule has 3 unspecified atom stereocenters. The van der Waals surface area contributed by atoms with Crippen LogP contribution in [0.2, 0.25) is 0 Å². The minimum absolute atomic E-state index is 0.278. The number of nitrogens with one attached hydrogen (secondary N) is 1. The Morgan fingerprint density at radius 3 is 1.38 bits per heavy atom. The van der Waals surface area contributed by atoms with Gasteiger partial charge in [0, 0.05) is 0 Å². The molecule has 7 nitrogen and oxygen atoms in total. The molecule has 0 aromatic heterocycles. The second kappa shape index (κ2) is 34.2. The van der Waals surface area contributed by atoms with Crippen LogP contribution < -0.4 is 5.32 Å². The smallest absolute Gasteiger partial charge is 0.267 e. The van der Waals surface area contributed by atoms with Crippen molar-refractivity contribution in [2.24, 2.45) is 0 Å². The number of aliphatic hydroxyl groups excluding tert-OH is 2. The van der Waals surface area contributed by atoms with Crippen molar-refractivity contribution in [3.8, 4) is 0 Å². The van der Waals surface area contributed by atoms with E-state index in [1.54, 1.807) is 6.08 Å². The normalized spacial score (nSPS) is 14.2. The third kappa shape index (κ3) is 33.3. The van der Waals surface area contributed by atoms with E-state index in [0.29, 0.717) is 12.8 Å². The zero-order valence-corrected chi connectivity index (χ0v) is 32.0. The first-order chi connectivity index (χ1) is 23.2. The zero-order valence-electron chi connectivity index (χ0n) is 31.2. The summed E-state index contributed by atoms with van der Waals surface area (Å²) in [5, 5.41) is 23.3. The Labute approximate surface area is 297 Å². The first-order valence-electron chi connectivity index (χ1n) is 20.1. The van der Waals surface area contributed by atoms with E-state index >= 15 is 0 Å². The molecule has 0 heterocycles. The SMILES string of the molecule is CCCCCCCCCCC/C=C/CC/C=C/C(O)C(CS(=O)(=O)O)NC(=O)C(O)CCCCCCCCCCCCCCCCCC. The summed E-state index contributed by atoms with van der Waals surface area (Å²) in [6, 6.07) is -1.24. The number of hydrogen-bond acceptors (Lipinski definition) is 5. The molecule has 0 saturated carbocycles. The van der Waals surface area contributed by atoms with Crippen LogP contribution in [0, 0.1) is 0 Å². The van der Waals surface area contributed by atoms with Gasteiger partial charge in [0.2, 0.25) is 5.91 Å². The van der Waals surface area contributed by atoms with Gasteiger partial charge in [-0.25, -0.2) is 0 Å². The minimum Gasteiger partial charge on any atom is -0.387 e. The number of allylic oxidation sites excluding steroid dienone is 3. The van der Waals surface area contributed by atoms with Gasteiger partial charge in [0.1, 0.15) is 6.10 Å². The van der Waals surface area contributed by atoms with Crippen LogP contribution in [0.5, 0.6) is 0 Å². The van der Waals surface area contributed by atoms with Crippen molar-refractivity contribution in [2.45, 2.75) is 218 Å². The van der Waals surface area contributed by atoms with Crippen molar-refractivity contribution in [2.75, 3.05) is 5.75 Å². The lowest BCUT2D eigenvalue weighted by Crippen LogP contribution is -2.50. The predicted molar refractivity (Wildman–Crippen MR) is 204 cm³/mol. The highest BCUT2D eigenvalue weighted by atomic mass is 32.2. The number of unbranched alkanes of at least 4 members (excludes halogenated alkanes) is 25. The number of aliphatic hydroxyl groups is 2. The standard InChI is InChI=1S/C40H77NO6S/c1-3-5-7-9-11-13-15-17-19-21-23-25-27-29-31-33-35-39(43)40(44)41-37(36-48(45,46)47)38(42)34-32-30-28-26-24-22-20-18-16-14-12-10-8-6-4-2/h24,26,32,34,37-39,42-43H,3-23,25,27-31,33,35-36H2,1-2H3,(H,41,44)(H,45,46,47)/b26-24+,34-32+. The van der Waals surface area contributed by atoms with E-state index in [2.05, 4.69) is 31.3 Å². The number of rotatable bonds is 36. The van der Waals surface area contributed by atoms with Gasteiger partial charge in [-0.3, -0.25) is 9.35 Å². The van der Waals surface area contributed by atoms with Crippen LogP contribution in [0.3, 0.4) is 0 Å². The summed E-state index contributed by atoms with van der Waals surface area (Å²) in [7, 11) is -4.45. The van der Waals surface area contributed by atoms with E-state index in [1.807, 2.05) is 0 Å². The van der Waals surface area contributed by atoms with E-state index < -0.39 is 40.0 Å². The molecule has 4 N–H and O–H groups in total. The van der Waals surface area contributed by atoms with E-state index in [4.69, 9.17) is 0 Å². The van der Waals surface area contributed by atoms with Crippen LogP contribution >= 0.6 is 0 Å². The Morgan fingerprint density at radius 2 is 0.938 bits per heavy atom. The molecule has 8 heteroatoms. The van der Waals surface area contributed by atoms with E-state index in [9.17, 15) is 28.0 Å². The van der Waals surface area contributed by atoms with Crippen molar-refractivity contribution >= 4 is 16.0 Å². The molecule has 0 aromatic rings. The first-order valence-corrected chi connectivity index (χ1v) is 21.8. The predicted octanol–water partition coefficient (Wildman–Crippen LogP) is 10.5. The third-order valence-electron chi connectivity index (χ3n) is 9.24. The summed E-state index contributed by atoms with van der Waals surface area (Å²) in [6.45, 7) is 4.50. The molecule has 0 aliphatic heterocycles. The van der Waals surface area contributed by atoms with Crippen molar-refractivity contribution in [3.05, 3.63) is 24.3 Å². The molecule has 0 saturated heterocycles. The van der Waals surface area contributed by atoms with Crippen LogP contribution in [0.25, 0.3) is 0 Å². The minimum atomic E-state index is -4.45. The molecule has 0 spiro atoms. The van der Waals surface area contributed by atoms with E-state index in [-0.39, 0.29) is 6.42 Å². The zero-order chi connectivity index (χ0) is 35.6. The maximum atomic E-state index is 12.6. The monoisotopic (exact) mass is 700 g/mol. The molecule has 3 atom stereocenters. The highest BCUT2D eigenvalue weighted by Gasteiger charge is 2.27. The molecule has 0 aliphatic carbocycles. The molecule has 0 fully saturated rings. The Kier molecular flexibility index (Phi) is 33.4. The largest absolute Gasteiger partial charge is 0.387 e. The van der Waals surface area contributed by atoms with E-state index in [1.165, 1.54) is 141 Å². The Hall–Kier alpha value is -1.22. The Balaban J connectivity index is 4.08. The number of carbonyl (C=O) groups excluding carboxylic acids is 1. The quantitative estimate of drug-likeness (QED) is 0.0293. The molecule has 0 aromatic carbocycles. The number of amides is 1. The van der Waals surface area contributed by atoms with Gasteiger partial charge in [0.05, 0.1) is 17.9 Å². The lowest BCUT2D eigenvalue weighted by Gasteiger charge is -2.22. The second-order valence-corrected chi connectivity index (χ2v) is 15.6. The van der Waals surface area contributed by atoms with Crippen molar-refractivity contribution < 1.29 is 28.0 Å². The van der Waals surface area contributed by atoms with Gasteiger partial charge in [0.25, 0.3) is 10.1 Å². The molecule has 0 radical (unpaired) electrons. The van der Waals surface area contributed by atoms with Crippen LogP contribution in [0.15, 0.2) is 24.3 Å². The summed E-state index contributed by atoms with van der Waals surface area (Å²) >= 11 is 0. The van der Waals surface area contributed by atoms with Crippen molar-refractivity contribution in [1.29, 1.82) is 0 Å². The summed E-state index contributed by atoms with van der Waals surface area (Å²) < 4.78 is 32.5. The highest BCUT2D eigenvalue weighted by molar-refractivity contribution is 7.85. The van der Waals surface area contributed by atoms with Gasteiger partial charge < -0.3 is 15.5 Å². The summed E-state index contributed by atoms with van der Waals surface area (Å²) in [4.78, 5) is 12.6. The van der Waals surface area contributed by atoms with Crippen LogP contribution in [0.1, 0.15) is 200 Å². The maximum absolute atomic E-state index is 12.6. The summed E-state index contributed by atoms with van der Waals surface area (Å²) in [6.07, 6.45) is 39.5. The highest BCUT2D eigenvalue weighted by Crippen LogP contribution is 2.15. The Bertz CT molecular complexity index is 875. The molecule has 0 aliphatic rings. The fraction of sp³-hybridized carbons (Fsp3) is 0.875. The molecule has 0 rings (SSSR count). The average Bonchev–Trinajstić information content (AvgIpc) is 3.05. The molecular weight excluding hydrogens is 623 g/mol. The fourth-order valence-electron chi connectivity index (χ4n) is 6.12. The van der Waals surface area contributed by atoms with Gasteiger partial charge in [-0.2, -0.15) is 8.42 Å². The van der Waals surface area contributed by atoms with Crippen LogP contribution in [-0.4, -0.2) is 53.1 Å². The number of hydrogen-bond donors (Lipinski definition) is 4. The maximum Gasteiger partial charge on any atom is 0.267 e. The van der Waals surface area contributed by atoms with Gasteiger partial charge in [-0.15, -0.1) is 0 Å². The topological polar surface area (TPSA) is 124 Å². The molecule has 0 bridgehead atoms. The average molecular weight is 700 g/mol. The van der Waals surface area contributed by atoms with Crippen molar-refractivity contribution in [1.82, 2.24) is 5.32 Å².